The van der Waals surface area contributed by atoms with Gasteiger partial charge in [0.05, 0.1) is 0 Å². The molecule has 0 aliphatic rings. The van der Waals surface area contributed by atoms with Crippen molar-refractivity contribution in [2.75, 3.05) is 0 Å². The van der Waals surface area contributed by atoms with Gasteiger partial charge in [-0.05, 0) is 59.4 Å². The van der Waals surface area contributed by atoms with Gasteiger partial charge in [0.25, 0.3) is 33.1 Å². The smallest absolute Gasteiger partial charge is 0.358 e. The van der Waals surface area contributed by atoms with E-state index in [1.54, 1.807) is 0 Å². The Bertz CT molecular complexity index is 1410. The van der Waals surface area contributed by atoms with Gasteiger partial charge in [0.2, 0.25) is 0 Å². The van der Waals surface area contributed by atoms with Crippen LogP contribution in [0.25, 0.3) is 33.1 Å². The summed E-state index contributed by atoms with van der Waals surface area (Å²) in [5, 5.41) is 67.9. The third kappa shape index (κ3) is 3.25. The van der Waals surface area contributed by atoms with Crippen LogP contribution in [0.1, 0.15) is 0 Å². The van der Waals surface area contributed by atoms with Gasteiger partial charge in [0.15, 0.2) is 0 Å². The highest BCUT2D eigenvalue weighted by Crippen LogP contribution is 2.38. The van der Waals surface area contributed by atoms with Gasteiger partial charge in [-0.2, -0.15) is 0 Å². The number of rotatable bonds is 6. The van der Waals surface area contributed by atoms with E-state index in [0.717, 1.165) is 0 Å². The molecule has 4 aromatic rings. The molecular weight excluding hydrogens is 504 g/mol. The van der Waals surface area contributed by atoms with Gasteiger partial charge in [-0.15, -0.1) is 0 Å². The van der Waals surface area contributed by atoms with Gasteiger partial charge in [-0.1, -0.05) is 0 Å². The molecule has 0 N–H and O–H groups in total. The van der Waals surface area contributed by atoms with Crippen LogP contribution in [0.2, 0.25) is 0 Å². The summed E-state index contributed by atoms with van der Waals surface area (Å²) in [4.78, 5) is 80.3. The number of nitro groups is 6. The second-order valence-electron chi connectivity index (χ2n) is 6.25. The Hall–Kier alpha value is -6.36. The Labute approximate surface area is 189 Å². The molecule has 3 aromatic heterocycles. The summed E-state index contributed by atoms with van der Waals surface area (Å²) in [5.41, 5.74) is -5.26. The maximum absolute atomic E-state index is 11.3. The molecule has 0 unspecified atom stereocenters. The minimum Gasteiger partial charge on any atom is -0.358 e. The molecule has 1 aromatic carbocycles. The van der Waals surface area contributed by atoms with Gasteiger partial charge in [-0.3, -0.25) is 0 Å². The fourth-order valence-electron chi connectivity index (χ4n) is 2.98. The van der Waals surface area contributed by atoms with Gasteiger partial charge < -0.3 is 60.7 Å². The first kappa shape index (κ1) is 22.8. The van der Waals surface area contributed by atoms with Crippen LogP contribution in [0.4, 0.5) is 34.9 Å². The minimum atomic E-state index is -1.50. The van der Waals surface area contributed by atoms with E-state index >= 15 is 0 Å². The van der Waals surface area contributed by atoms with Crippen molar-refractivity contribution in [3.05, 3.63) is 60.7 Å². The van der Waals surface area contributed by atoms with Crippen molar-refractivity contribution >= 4 is 68.0 Å². The van der Waals surface area contributed by atoms with Crippen LogP contribution in [0.5, 0.6) is 0 Å². The number of benzene rings is 1. The second-order valence-corrected chi connectivity index (χ2v) is 6.25. The molecule has 180 valence electrons. The average Bonchev–Trinajstić information content (AvgIpc) is 2.81. The zero-order valence-corrected chi connectivity index (χ0v) is 16.3. The highest BCUT2D eigenvalue weighted by Gasteiger charge is 2.44. The summed E-state index contributed by atoms with van der Waals surface area (Å²) in [6.07, 6.45) is 0. The zero-order valence-electron chi connectivity index (χ0n) is 16.3. The third-order valence-electron chi connectivity index (χ3n) is 4.29. The van der Waals surface area contributed by atoms with Crippen molar-refractivity contribution < 1.29 is 29.5 Å². The molecule has 4 rings (SSSR count). The Morgan fingerprint density at radius 3 is 0.500 bits per heavy atom. The summed E-state index contributed by atoms with van der Waals surface area (Å²) in [6, 6.07) is 0. The maximum Gasteiger partial charge on any atom is 0.463 e. The topological polar surface area (TPSA) is 336 Å². The van der Waals surface area contributed by atoms with Crippen molar-refractivity contribution in [3.8, 4) is 0 Å². The fourth-order valence-corrected chi connectivity index (χ4v) is 2.98. The van der Waals surface area contributed by atoms with Crippen molar-refractivity contribution in [1.82, 2.24) is 29.9 Å². The Balaban J connectivity index is 2.42. The molecule has 0 aliphatic heterocycles. The number of nitrogens with zero attached hydrogens (tertiary/aromatic N) is 12. The third-order valence-corrected chi connectivity index (χ3v) is 4.29. The van der Waals surface area contributed by atoms with Crippen LogP contribution in [-0.2, 0) is 0 Å². The van der Waals surface area contributed by atoms with Crippen molar-refractivity contribution in [2.24, 2.45) is 0 Å². The molecule has 0 saturated carbocycles. The highest BCUT2D eigenvalue weighted by atomic mass is 16.7. The van der Waals surface area contributed by atoms with E-state index in [0.29, 0.717) is 0 Å². The number of hydrogen-bond acceptors (Lipinski definition) is 18. The van der Waals surface area contributed by atoms with E-state index in [-0.39, 0.29) is 0 Å². The molecule has 24 heteroatoms. The van der Waals surface area contributed by atoms with E-state index < -0.39 is 97.5 Å². The lowest BCUT2D eigenvalue weighted by Crippen LogP contribution is -2.08. The number of fused-ring (bicyclic) bond motifs is 6. The molecule has 0 amide bonds. The Morgan fingerprint density at radius 2 is 0.417 bits per heavy atom. The predicted molar refractivity (Wildman–Crippen MR) is 106 cm³/mol. The maximum atomic E-state index is 11.3. The normalized spacial score (nSPS) is 11.0. The van der Waals surface area contributed by atoms with Crippen LogP contribution in [-0.4, -0.2) is 59.4 Å². The molecule has 0 bridgehead atoms. The summed E-state index contributed by atoms with van der Waals surface area (Å²) in [6.45, 7) is 0. The Morgan fingerprint density at radius 1 is 0.306 bits per heavy atom. The minimum absolute atomic E-state index is 0.877. The lowest BCUT2D eigenvalue weighted by atomic mass is 10.2. The van der Waals surface area contributed by atoms with Crippen LogP contribution < -0.4 is 0 Å². The van der Waals surface area contributed by atoms with E-state index in [2.05, 4.69) is 29.9 Å². The van der Waals surface area contributed by atoms with Gasteiger partial charge in [-0.25, -0.2) is 0 Å². The molecule has 0 spiro atoms. The lowest BCUT2D eigenvalue weighted by molar-refractivity contribution is -0.428. The van der Waals surface area contributed by atoms with Crippen LogP contribution in [0.15, 0.2) is 0 Å². The predicted octanol–water partition coefficient (Wildman–Crippen LogP) is 0.965. The van der Waals surface area contributed by atoms with Crippen LogP contribution in [0.3, 0.4) is 0 Å². The summed E-state index contributed by atoms with van der Waals surface area (Å²) in [7, 11) is 0. The standard InChI is InChI=1S/C12N12O12/c25-19(26)7-8(20(27)28)14-2-1(13-7)3-5(16-10(22(31)32)9(15-3)21(29)30)6-4(2)17-11(23(33)34)12(18-6)24(35)36. The zero-order chi connectivity index (χ0) is 26.6. The molecule has 0 fully saturated rings. The van der Waals surface area contributed by atoms with E-state index in [4.69, 9.17) is 0 Å². The monoisotopic (exact) mass is 504 g/mol. The quantitative estimate of drug-likeness (QED) is 0.200. The Kier molecular flexibility index (Phi) is 4.82. The first-order chi connectivity index (χ1) is 16.8. The fraction of sp³-hybridized carbons (Fsp3) is 0. The van der Waals surface area contributed by atoms with Crippen molar-refractivity contribution in [1.29, 1.82) is 0 Å². The van der Waals surface area contributed by atoms with Gasteiger partial charge >= 0.3 is 34.9 Å². The van der Waals surface area contributed by atoms with Crippen LogP contribution in [0, 0.1) is 60.7 Å². The molecule has 3 heterocycles. The molecule has 0 radical (unpaired) electrons. The largest absolute Gasteiger partial charge is 0.463 e. The van der Waals surface area contributed by atoms with E-state index in [1.165, 1.54) is 0 Å². The molecule has 36 heavy (non-hydrogen) atoms. The SMILES string of the molecule is O=[N+]([O-])c1nc2c3nc([N+](=O)[O-])c([N+](=O)[O-])nc3c3nc([N+](=O)[O-])c([N+](=O)[O-])nc3c2nc1[N+](=O)[O-]. The average molecular weight is 504 g/mol. The summed E-state index contributed by atoms with van der Waals surface area (Å²) < 4.78 is 0. The van der Waals surface area contributed by atoms with E-state index in [1.807, 2.05) is 0 Å². The molecule has 0 aliphatic carbocycles. The summed E-state index contributed by atoms with van der Waals surface area (Å²) in [5.74, 6) is -9.00. The lowest BCUT2D eigenvalue weighted by Gasteiger charge is -1.99. The van der Waals surface area contributed by atoms with Gasteiger partial charge in [0, 0.05) is 0 Å². The summed E-state index contributed by atoms with van der Waals surface area (Å²) >= 11 is 0. The molecule has 24 nitrogen and oxygen atoms in total. The number of aromatic nitrogens is 6. The number of hydrogen-bond donors (Lipinski definition) is 0. The van der Waals surface area contributed by atoms with Crippen molar-refractivity contribution in [2.45, 2.75) is 0 Å². The van der Waals surface area contributed by atoms with Crippen LogP contribution >= 0.6 is 0 Å². The molecule has 0 saturated heterocycles. The molecule has 0 atom stereocenters. The van der Waals surface area contributed by atoms with E-state index in [9.17, 15) is 60.7 Å². The van der Waals surface area contributed by atoms with Crippen molar-refractivity contribution in [3.63, 3.8) is 0 Å². The highest BCUT2D eigenvalue weighted by molar-refractivity contribution is 6.19. The first-order valence-electron chi connectivity index (χ1n) is 8.47. The van der Waals surface area contributed by atoms with Gasteiger partial charge in [0.1, 0.15) is 0 Å². The second kappa shape index (κ2) is 7.60. The molecular formula is C12N12O12. The first-order valence-corrected chi connectivity index (χ1v) is 8.47.